The Morgan fingerprint density at radius 3 is 2.59 bits per heavy atom. The van der Waals surface area contributed by atoms with Crippen molar-refractivity contribution in [2.45, 2.75) is 37.0 Å². The molecule has 3 heterocycles. The molecule has 3 aliphatic heterocycles. The van der Waals surface area contributed by atoms with E-state index in [9.17, 15) is 35.1 Å². The molecular formula is C29H44N5O12+. The SMILES string of the molecule is C=CC1C(OC2OC(CO)C(O)C(O)C2OCNC)OC=C(C(=O)OC)C1C=CC1=C[NH+](CCO)CC(C(=O)O)=C1NC(N)=NC. The molecule has 0 radical (unpaired) electrons. The number of carbonyl (C=O) groups excluding carboxylic acids is 1. The molecule has 46 heavy (non-hydrogen) atoms. The Morgan fingerprint density at radius 2 is 2.00 bits per heavy atom. The Balaban J connectivity index is 2.03. The zero-order valence-electron chi connectivity index (χ0n) is 25.9. The smallest absolute Gasteiger partial charge is 0.339 e. The molecule has 1 fully saturated rings. The number of esters is 1. The average Bonchev–Trinajstić information content (AvgIpc) is 3.05. The molecule has 0 aromatic rings. The Kier molecular flexibility index (Phi) is 13.9. The van der Waals surface area contributed by atoms with Crippen molar-refractivity contribution in [3.8, 4) is 0 Å². The van der Waals surface area contributed by atoms with Crippen molar-refractivity contribution in [2.75, 3.05) is 54.2 Å². The van der Waals surface area contributed by atoms with Crippen LogP contribution in [0.2, 0.25) is 0 Å². The lowest BCUT2D eigenvalue weighted by Crippen LogP contribution is -3.09. The number of nitrogens with zero attached hydrogens (tertiary/aromatic N) is 1. The predicted octanol–water partition coefficient (Wildman–Crippen LogP) is -3.96. The number of carboxylic acids is 1. The molecule has 9 unspecified atom stereocenters. The van der Waals surface area contributed by atoms with Gasteiger partial charge in [-0.1, -0.05) is 18.2 Å². The number of aliphatic hydroxyl groups excluding tert-OH is 4. The number of nitrogens with two attached hydrogens (primary N) is 1. The molecular weight excluding hydrogens is 610 g/mol. The molecule has 0 saturated carbocycles. The van der Waals surface area contributed by atoms with Gasteiger partial charge in [0, 0.05) is 13.0 Å². The van der Waals surface area contributed by atoms with E-state index in [1.807, 2.05) is 0 Å². The van der Waals surface area contributed by atoms with Gasteiger partial charge in [-0.15, -0.1) is 6.58 Å². The van der Waals surface area contributed by atoms with Crippen LogP contribution < -0.4 is 21.3 Å². The van der Waals surface area contributed by atoms with Crippen LogP contribution >= 0.6 is 0 Å². The van der Waals surface area contributed by atoms with E-state index in [-0.39, 0.29) is 49.2 Å². The van der Waals surface area contributed by atoms with Gasteiger partial charge in [-0.3, -0.25) is 10.3 Å². The summed E-state index contributed by atoms with van der Waals surface area (Å²) in [6, 6.07) is 0. The van der Waals surface area contributed by atoms with E-state index in [4.69, 9.17) is 29.4 Å². The van der Waals surface area contributed by atoms with Gasteiger partial charge in [-0.05, 0) is 7.05 Å². The maximum absolute atomic E-state index is 12.8. The summed E-state index contributed by atoms with van der Waals surface area (Å²) >= 11 is 0. The maximum atomic E-state index is 12.8. The fourth-order valence-electron chi connectivity index (χ4n) is 5.25. The van der Waals surface area contributed by atoms with Gasteiger partial charge in [0.25, 0.3) is 0 Å². The van der Waals surface area contributed by atoms with Gasteiger partial charge in [-0.2, -0.15) is 0 Å². The summed E-state index contributed by atoms with van der Waals surface area (Å²) in [5, 5.41) is 56.0. The summed E-state index contributed by atoms with van der Waals surface area (Å²) in [5.74, 6) is -3.56. The minimum Gasteiger partial charge on any atom is -0.478 e. The molecule has 1 saturated heterocycles. The van der Waals surface area contributed by atoms with Gasteiger partial charge in [0.1, 0.15) is 49.3 Å². The highest BCUT2D eigenvalue weighted by atomic mass is 16.8. The molecule has 256 valence electrons. The normalized spacial score (nSPS) is 32.0. The van der Waals surface area contributed by atoms with E-state index in [0.717, 1.165) is 6.26 Å². The number of hydrogen-bond donors (Lipinski definition) is 9. The van der Waals surface area contributed by atoms with Crippen molar-refractivity contribution in [3.05, 3.63) is 59.7 Å². The Hall–Kier alpha value is -3.65. The summed E-state index contributed by atoms with van der Waals surface area (Å²) in [7, 11) is 4.25. The third-order valence-electron chi connectivity index (χ3n) is 7.65. The second-order valence-corrected chi connectivity index (χ2v) is 10.5. The number of quaternary nitrogens is 1. The molecule has 9 atom stereocenters. The highest BCUT2D eigenvalue weighted by molar-refractivity contribution is 5.92. The molecule has 0 aromatic carbocycles. The first-order valence-electron chi connectivity index (χ1n) is 14.5. The van der Waals surface area contributed by atoms with Crippen LogP contribution in [0, 0.1) is 11.8 Å². The Bertz CT molecular complexity index is 1250. The summed E-state index contributed by atoms with van der Waals surface area (Å²) in [4.78, 5) is 29.6. The molecule has 0 bridgehead atoms. The predicted molar refractivity (Wildman–Crippen MR) is 160 cm³/mol. The first kappa shape index (κ1) is 36.8. The third-order valence-corrected chi connectivity index (χ3v) is 7.65. The van der Waals surface area contributed by atoms with E-state index in [2.05, 4.69) is 22.2 Å². The van der Waals surface area contributed by atoms with Crippen molar-refractivity contribution >= 4 is 17.9 Å². The van der Waals surface area contributed by atoms with Gasteiger partial charge in [-0.25, -0.2) is 9.59 Å². The standard InChI is InChI=1S/C29H43N5O12/c1-5-16-17(7-6-15-10-34(8-9-35)11-18(25(39)40)21(15)33-29(30)32-3)19(26(41)42-4)13-43-27(16)46-28-24(44-14-31-2)23(38)22(37)20(12-36)45-28/h5-7,10,13,16-17,20,22-24,27-28,31,35-38H,1,8-9,11-12,14H2,2-4H3,(H,39,40)(H3,30,32,33)/p+1. The van der Waals surface area contributed by atoms with Crippen LogP contribution in [-0.4, -0.2) is 135 Å². The Labute approximate surface area is 265 Å². The number of guanidine groups is 1. The van der Waals surface area contributed by atoms with Crippen LogP contribution in [0.5, 0.6) is 0 Å². The number of aliphatic imine (C=N–C) groups is 1. The second kappa shape index (κ2) is 17.3. The van der Waals surface area contributed by atoms with Gasteiger partial charge < -0.3 is 65.2 Å². The highest BCUT2D eigenvalue weighted by Gasteiger charge is 2.48. The van der Waals surface area contributed by atoms with Crippen LogP contribution in [-0.2, 0) is 33.3 Å². The summed E-state index contributed by atoms with van der Waals surface area (Å²) in [6.45, 7) is 3.32. The molecule has 0 aromatic heterocycles. The minimum atomic E-state index is -1.49. The van der Waals surface area contributed by atoms with E-state index >= 15 is 0 Å². The van der Waals surface area contributed by atoms with Crippen molar-refractivity contribution in [1.82, 2.24) is 10.6 Å². The number of hydrogen-bond acceptors (Lipinski definition) is 13. The number of carbonyl (C=O) groups is 2. The summed E-state index contributed by atoms with van der Waals surface area (Å²) in [5.41, 5.74) is 6.53. The van der Waals surface area contributed by atoms with Crippen molar-refractivity contribution in [2.24, 2.45) is 22.6 Å². The maximum Gasteiger partial charge on any atom is 0.339 e. The molecule has 17 nitrogen and oxygen atoms in total. The van der Waals surface area contributed by atoms with Gasteiger partial charge in [0.15, 0.2) is 12.2 Å². The number of allylic oxidation sites excluding steroid dienone is 2. The van der Waals surface area contributed by atoms with Crippen LogP contribution in [0.3, 0.4) is 0 Å². The fraction of sp³-hybridized carbons (Fsp3) is 0.552. The number of ether oxygens (including phenoxy) is 5. The van der Waals surface area contributed by atoms with Gasteiger partial charge in [0.2, 0.25) is 6.29 Å². The quantitative estimate of drug-likeness (QED) is 0.0285. The number of aliphatic hydroxyl groups is 4. The number of carboxylic acid groups (broad SMARTS) is 1. The van der Waals surface area contributed by atoms with Crippen LogP contribution in [0.1, 0.15) is 0 Å². The summed E-state index contributed by atoms with van der Waals surface area (Å²) < 4.78 is 28.2. The van der Waals surface area contributed by atoms with Crippen LogP contribution in [0.4, 0.5) is 0 Å². The van der Waals surface area contributed by atoms with Crippen LogP contribution in [0.15, 0.2) is 64.7 Å². The molecule has 10 N–H and O–H groups in total. The molecule has 0 amide bonds. The van der Waals surface area contributed by atoms with Gasteiger partial charge >= 0.3 is 11.9 Å². The number of methoxy groups -OCH3 is 1. The monoisotopic (exact) mass is 654 g/mol. The minimum absolute atomic E-state index is 0.00404. The lowest BCUT2D eigenvalue weighted by atomic mass is 9.83. The third kappa shape index (κ3) is 8.58. The average molecular weight is 655 g/mol. The van der Waals surface area contributed by atoms with Crippen molar-refractivity contribution in [1.29, 1.82) is 0 Å². The lowest BCUT2D eigenvalue weighted by molar-refractivity contribution is -0.843. The first-order valence-corrected chi connectivity index (χ1v) is 14.5. The number of nitrogens with one attached hydrogen (secondary N) is 3. The largest absolute Gasteiger partial charge is 0.478 e. The summed E-state index contributed by atoms with van der Waals surface area (Å²) in [6.07, 6.45) is -0.319. The van der Waals surface area contributed by atoms with E-state index in [1.165, 1.54) is 20.2 Å². The first-order chi connectivity index (χ1) is 22.0. The van der Waals surface area contributed by atoms with Gasteiger partial charge in [0.05, 0.1) is 56.1 Å². The number of rotatable bonds is 14. The van der Waals surface area contributed by atoms with Crippen molar-refractivity contribution < 1.29 is 63.7 Å². The molecule has 17 heteroatoms. The van der Waals surface area contributed by atoms with Crippen LogP contribution in [0.25, 0.3) is 0 Å². The lowest BCUT2D eigenvalue weighted by Gasteiger charge is -2.44. The van der Waals surface area contributed by atoms with Crippen molar-refractivity contribution in [3.63, 3.8) is 0 Å². The fourth-order valence-corrected chi connectivity index (χ4v) is 5.25. The Morgan fingerprint density at radius 1 is 1.26 bits per heavy atom. The van der Waals surface area contributed by atoms with E-state index in [0.29, 0.717) is 10.5 Å². The zero-order valence-corrected chi connectivity index (χ0v) is 25.9. The number of aliphatic carboxylic acids is 1. The van der Waals surface area contributed by atoms with E-state index in [1.54, 1.807) is 25.4 Å². The topological polar surface area (TPSA) is 248 Å². The van der Waals surface area contributed by atoms with E-state index < -0.39 is 67.4 Å². The molecule has 0 aliphatic carbocycles. The molecule has 3 rings (SSSR count). The zero-order chi connectivity index (χ0) is 34.0. The molecule has 3 aliphatic rings. The highest BCUT2D eigenvalue weighted by Crippen LogP contribution is 2.37. The molecule has 0 spiro atoms. The second-order valence-electron chi connectivity index (χ2n) is 10.5.